The molecule has 0 saturated heterocycles. The van der Waals surface area contributed by atoms with E-state index in [4.69, 9.17) is 10.2 Å². The first-order valence-electron chi connectivity index (χ1n) is 9.23. The molecule has 0 aliphatic carbocycles. The number of nitrogens with zero attached hydrogens (tertiary/aromatic N) is 4. The number of rotatable bonds is 7. The summed E-state index contributed by atoms with van der Waals surface area (Å²) >= 11 is 0.729. The van der Waals surface area contributed by atoms with E-state index in [-0.39, 0.29) is 32.1 Å². The minimum Gasteiger partial charge on any atom is -0.464 e. The zero-order chi connectivity index (χ0) is 23.9. The van der Waals surface area contributed by atoms with Gasteiger partial charge < -0.3 is 25.6 Å². The van der Waals surface area contributed by atoms with Gasteiger partial charge in [0.15, 0.2) is 6.54 Å². The molecule has 0 saturated carbocycles. The third-order valence-electron chi connectivity index (χ3n) is 4.54. The Labute approximate surface area is 187 Å². The predicted molar refractivity (Wildman–Crippen MR) is 113 cm³/mol. The normalized spacial score (nSPS) is 11.3. The first-order valence-corrected chi connectivity index (χ1v) is 10.0. The average molecular weight is 476 g/mol. The molecule has 4 heterocycles. The van der Waals surface area contributed by atoms with Gasteiger partial charge >= 0.3 is 5.82 Å². The van der Waals surface area contributed by atoms with Crippen molar-refractivity contribution in [1.82, 2.24) is 14.8 Å². The van der Waals surface area contributed by atoms with Crippen molar-refractivity contribution in [3.8, 4) is 11.3 Å². The van der Waals surface area contributed by atoms with Gasteiger partial charge in [0, 0.05) is 10.9 Å². The Kier molecular flexibility index (Phi) is 5.59. The number of anilines is 1. The average Bonchev–Trinajstić information content (AvgIpc) is 3.46. The maximum absolute atomic E-state index is 13.4. The fraction of sp³-hybridized carbons (Fsp3) is 0.158. The van der Waals surface area contributed by atoms with E-state index in [2.05, 4.69) is 15.4 Å². The number of fused-ring (bicyclic) bond motifs is 1. The highest BCUT2D eigenvalue weighted by atomic mass is 32.1. The first kappa shape index (κ1) is 22.0. The molecule has 4 aromatic rings. The maximum Gasteiger partial charge on any atom is 0.345 e. The number of nitrogens with two attached hydrogens (primary N) is 1. The number of carbonyl (C=O) groups excluding carboxylic acids is 2. The lowest BCUT2D eigenvalue weighted by molar-refractivity contribution is -0.392. The molecule has 0 radical (unpaired) electrons. The highest BCUT2D eigenvalue weighted by Gasteiger charge is 2.27. The molecule has 4 aromatic heterocycles. The van der Waals surface area contributed by atoms with E-state index in [9.17, 15) is 28.5 Å². The Morgan fingerprint density at radius 1 is 1.39 bits per heavy atom. The lowest BCUT2D eigenvalue weighted by Crippen LogP contribution is -2.22. The molecule has 0 bridgehead atoms. The molecule has 0 atom stereocenters. The number of pyridine rings is 1. The fourth-order valence-corrected chi connectivity index (χ4v) is 4.27. The highest BCUT2D eigenvalue weighted by Crippen LogP contribution is 2.42. The molecule has 3 N–H and O–H groups in total. The molecule has 0 aliphatic heterocycles. The summed E-state index contributed by atoms with van der Waals surface area (Å²) < 4.78 is 33.1. The molecule has 2 amide bonds. The van der Waals surface area contributed by atoms with Gasteiger partial charge in [0.05, 0.1) is 23.7 Å². The molecule has 14 heteroatoms. The van der Waals surface area contributed by atoms with E-state index >= 15 is 0 Å². The van der Waals surface area contributed by atoms with Gasteiger partial charge in [-0.3, -0.25) is 9.59 Å². The number of furan rings is 1. The number of nitrogens with one attached hydrogen (secondary N) is 1. The molecule has 0 aromatic carbocycles. The second kappa shape index (κ2) is 8.38. The van der Waals surface area contributed by atoms with E-state index in [0.717, 1.165) is 22.1 Å². The Bertz CT molecular complexity index is 1400. The van der Waals surface area contributed by atoms with Gasteiger partial charge in [0.2, 0.25) is 0 Å². The van der Waals surface area contributed by atoms with Crippen LogP contribution in [-0.4, -0.2) is 31.5 Å². The number of halogens is 2. The van der Waals surface area contributed by atoms with Crippen LogP contribution in [0.25, 0.3) is 21.5 Å². The quantitative estimate of drug-likeness (QED) is 0.304. The van der Waals surface area contributed by atoms with Crippen molar-refractivity contribution in [3.05, 3.63) is 56.9 Å². The highest BCUT2D eigenvalue weighted by molar-refractivity contribution is 7.21. The summed E-state index contributed by atoms with van der Waals surface area (Å²) in [5.41, 5.74) is 5.35. The number of nitro groups is 1. The van der Waals surface area contributed by atoms with Gasteiger partial charge in [0.1, 0.15) is 21.2 Å². The van der Waals surface area contributed by atoms with Gasteiger partial charge in [-0.25, -0.2) is 13.8 Å². The number of amides is 2. The van der Waals surface area contributed by atoms with Crippen LogP contribution in [0.1, 0.15) is 27.5 Å². The van der Waals surface area contributed by atoms with Crippen molar-refractivity contribution in [2.75, 3.05) is 5.32 Å². The van der Waals surface area contributed by atoms with Crippen LogP contribution in [0.15, 0.2) is 34.9 Å². The van der Waals surface area contributed by atoms with Crippen molar-refractivity contribution < 1.29 is 27.7 Å². The van der Waals surface area contributed by atoms with Crippen molar-refractivity contribution in [1.29, 1.82) is 0 Å². The van der Waals surface area contributed by atoms with Crippen LogP contribution in [-0.2, 0) is 11.3 Å². The van der Waals surface area contributed by atoms with Crippen molar-refractivity contribution >= 4 is 44.9 Å². The lowest BCUT2D eigenvalue weighted by Gasteiger charge is -2.09. The van der Waals surface area contributed by atoms with E-state index in [0.29, 0.717) is 5.69 Å². The van der Waals surface area contributed by atoms with E-state index in [1.807, 2.05) is 0 Å². The van der Waals surface area contributed by atoms with E-state index in [1.165, 1.54) is 25.3 Å². The van der Waals surface area contributed by atoms with Crippen LogP contribution in [0.4, 0.5) is 20.3 Å². The maximum atomic E-state index is 13.4. The van der Waals surface area contributed by atoms with Gasteiger partial charge in [-0.1, -0.05) is 5.10 Å². The summed E-state index contributed by atoms with van der Waals surface area (Å²) in [6.45, 7) is 0.985. The number of aryl methyl sites for hydroxylation is 1. The van der Waals surface area contributed by atoms with Crippen LogP contribution < -0.4 is 11.1 Å². The second-order valence-electron chi connectivity index (χ2n) is 6.83. The van der Waals surface area contributed by atoms with Crippen molar-refractivity contribution in [2.24, 2.45) is 5.73 Å². The molecule has 0 spiro atoms. The molecular formula is C19H14F2N6O5S. The first-order chi connectivity index (χ1) is 15.7. The minimum atomic E-state index is -2.90. The third kappa shape index (κ3) is 4.15. The molecule has 0 fully saturated rings. The number of aromatic nitrogens is 3. The van der Waals surface area contributed by atoms with E-state index in [1.54, 1.807) is 6.07 Å². The summed E-state index contributed by atoms with van der Waals surface area (Å²) in [6, 6.07) is 5.36. The Morgan fingerprint density at radius 3 is 2.76 bits per heavy atom. The molecule has 0 unspecified atom stereocenters. The van der Waals surface area contributed by atoms with Crippen LogP contribution in [0.2, 0.25) is 0 Å². The zero-order valence-corrected chi connectivity index (χ0v) is 17.6. The third-order valence-corrected chi connectivity index (χ3v) is 5.64. The molecule has 0 aliphatic rings. The van der Waals surface area contributed by atoms with Gasteiger partial charge in [0.25, 0.3) is 18.2 Å². The number of hydrogen-bond donors (Lipinski definition) is 2. The van der Waals surface area contributed by atoms with Crippen molar-refractivity contribution in [3.63, 3.8) is 0 Å². The van der Waals surface area contributed by atoms with Crippen LogP contribution in [0.5, 0.6) is 0 Å². The minimum absolute atomic E-state index is 0.0317. The number of alkyl halides is 2. The predicted octanol–water partition coefficient (Wildman–Crippen LogP) is 3.64. The number of thiophene rings is 1. The SMILES string of the molecule is Cc1cc([N+](=O)[O-])n(CC(=O)Nc2c(C(N)=O)sc3nc(C(F)F)cc(-c4ccco4)c23)n1. The van der Waals surface area contributed by atoms with Gasteiger partial charge in [-0.15, -0.1) is 16.0 Å². The molecule has 170 valence electrons. The Morgan fingerprint density at radius 2 is 2.15 bits per heavy atom. The standard InChI is InChI=1S/C19H14F2N6O5S/c1-8-5-13(27(30)31)26(25-8)7-12(28)24-15-14-9(11-3-2-4-32-11)6-10(17(20)21)23-19(14)33-16(15)18(22)29/h2-6,17H,7H2,1H3,(H2,22,29)(H,24,28). The largest absolute Gasteiger partial charge is 0.464 e. The smallest absolute Gasteiger partial charge is 0.345 e. The van der Waals surface area contributed by atoms with Crippen molar-refractivity contribution in [2.45, 2.75) is 19.9 Å². The lowest BCUT2D eigenvalue weighted by atomic mass is 10.1. The summed E-state index contributed by atoms with van der Waals surface area (Å²) in [5, 5.41) is 17.8. The number of hydrogen-bond acceptors (Lipinski definition) is 8. The van der Waals surface area contributed by atoms with E-state index < -0.39 is 41.2 Å². The summed E-state index contributed by atoms with van der Waals surface area (Å²) in [7, 11) is 0. The monoisotopic (exact) mass is 476 g/mol. The molecule has 33 heavy (non-hydrogen) atoms. The Hall–Kier alpha value is -4.20. The molecule has 11 nitrogen and oxygen atoms in total. The zero-order valence-electron chi connectivity index (χ0n) is 16.7. The van der Waals surface area contributed by atoms with Crippen LogP contribution in [0, 0.1) is 17.0 Å². The summed E-state index contributed by atoms with van der Waals surface area (Å²) in [4.78, 5) is 39.1. The topological polar surface area (TPSA) is 159 Å². The molecular weight excluding hydrogens is 462 g/mol. The fourth-order valence-electron chi connectivity index (χ4n) is 3.26. The molecule has 4 rings (SSSR count). The second-order valence-corrected chi connectivity index (χ2v) is 7.83. The van der Waals surface area contributed by atoms with Gasteiger partial charge in [-0.2, -0.15) is 0 Å². The number of primary amides is 1. The van der Waals surface area contributed by atoms with Crippen LogP contribution >= 0.6 is 11.3 Å². The van der Waals surface area contributed by atoms with Gasteiger partial charge in [-0.05, 0) is 30.0 Å². The Balaban J connectivity index is 1.83. The summed E-state index contributed by atoms with van der Waals surface area (Å²) in [6.07, 6.45) is -1.56. The van der Waals surface area contributed by atoms with Crippen LogP contribution in [0.3, 0.4) is 0 Å². The number of carbonyl (C=O) groups is 2. The summed E-state index contributed by atoms with van der Waals surface area (Å²) in [5.74, 6) is -1.87.